The second-order valence-electron chi connectivity index (χ2n) is 8.36. The Morgan fingerprint density at radius 2 is 1.52 bits per heavy atom. The van der Waals surface area contributed by atoms with Gasteiger partial charge in [0.2, 0.25) is 5.91 Å². The molecule has 4 nitrogen and oxygen atoms in total. The lowest BCUT2D eigenvalue weighted by Crippen LogP contribution is -2.53. The molecule has 2 saturated heterocycles. The second-order valence-corrected chi connectivity index (χ2v) is 8.80. The van der Waals surface area contributed by atoms with Crippen molar-refractivity contribution in [2.75, 3.05) is 19.6 Å². The minimum atomic E-state index is 0.0443. The molecule has 1 saturated carbocycles. The molecule has 1 aromatic carbocycles. The molecule has 2 atom stereocenters. The third-order valence-corrected chi connectivity index (χ3v) is 7.00. The van der Waals surface area contributed by atoms with Gasteiger partial charge in [0.1, 0.15) is 0 Å². The first kappa shape index (κ1) is 18.8. The number of likely N-dealkylation sites (tertiary alicyclic amines) is 2. The van der Waals surface area contributed by atoms with Gasteiger partial charge in [-0.25, -0.2) is 0 Å². The summed E-state index contributed by atoms with van der Waals surface area (Å²) in [7, 11) is 0. The summed E-state index contributed by atoms with van der Waals surface area (Å²) < 4.78 is 0. The number of piperidine rings is 2. The van der Waals surface area contributed by atoms with Gasteiger partial charge < -0.3 is 9.80 Å². The van der Waals surface area contributed by atoms with Crippen LogP contribution in [0.1, 0.15) is 61.7 Å². The zero-order valence-corrected chi connectivity index (χ0v) is 16.7. The Balaban J connectivity index is 1.35. The zero-order valence-electron chi connectivity index (χ0n) is 15.9. The molecule has 0 radical (unpaired) electrons. The molecule has 2 heterocycles. The number of benzene rings is 1. The van der Waals surface area contributed by atoms with E-state index in [0.717, 1.165) is 31.7 Å². The van der Waals surface area contributed by atoms with Crippen LogP contribution in [0.5, 0.6) is 0 Å². The van der Waals surface area contributed by atoms with Gasteiger partial charge in [0.25, 0.3) is 5.91 Å². The normalized spacial score (nSPS) is 26.6. The van der Waals surface area contributed by atoms with Crippen molar-refractivity contribution in [3.05, 3.63) is 34.9 Å². The molecule has 2 amide bonds. The van der Waals surface area contributed by atoms with Crippen molar-refractivity contribution in [1.82, 2.24) is 9.80 Å². The van der Waals surface area contributed by atoms with E-state index in [1.165, 1.54) is 32.1 Å². The second kappa shape index (κ2) is 8.22. The fraction of sp³-hybridized carbons (Fsp3) is 0.636. The van der Waals surface area contributed by atoms with E-state index >= 15 is 0 Å². The first-order chi connectivity index (χ1) is 13.1. The summed E-state index contributed by atoms with van der Waals surface area (Å²) in [6, 6.07) is 7.54. The summed E-state index contributed by atoms with van der Waals surface area (Å²) in [5.41, 5.74) is 0.672. The summed E-state index contributed by atoms with van der Waals surface area (Å²) in [6.45, 7) is 2.27. The van der Waals surface area contributed by atoms with E-state index in [4.69, 9.17) is 11.6 Å². The van der Waals surface area contributed by atoms with Crippen LogP contribution in [0.2, 0.25) is 5.02 Å². The number of hydrogen-bond donors (Lipinski definition) is 0. The Labute approximate surface area is 166 Å². The minimum Gasteiger partial charge on any atom is -0.339 e. The van der Waals surface area contributed by atoms with Crippen molar-refractivity contribution < 1.29 is 9.59 Å². The third-order valence-electron chi connectivity index (χ3n) is 6.75. The van der Waals surface area contributed by atoms with E-state index in [9.17, 15) is 9.59 Å². The third kappa shape index (κ3) is 4.01. The molecule has 5 heteroatoms. The Kier molecular flexibility index (Phi) is 5.72. The highest BCUT2D eigenvalue weighted by Gasteiger charge is 2.39. The topological polar surface area (TPSA) is 40.6 Å². The van der Waals surface area contributed by atoms with Crippen LogP contribution in [-0.4, -0.2) is 47.3 Å². The number of carbonyl (C=O) groups excluding carboxylic acids is 2. The number of fused-ring (bicyclic) bond motifs is 1. The molecule has 3 fully saturated rings. The van der Waals surface area contributed by atoms with Crippen LogP contribution in [0.25, 0.3) is 0 Å². The molecule has 0 spiro atoms. The van der Waals surface area contributed by atoms with Crippen molar-refractivity contribution >= 4 is 23.4 Å². The number of carbonyl (C=O) groups is 2. The van der Waals surface area contributed by atoms with Gasteiger partial charge in [-0.1, -0.05) is 24.4 Å². The van der Waals surface area contributed by atoms with Gasteiger partial charge in [-0.3, -0.25) is 9.59 Å². The largest absolute Gasteiger partial charge is 0.339 e. The van der Waals surface area contributed by atoms with Crippen molar-refractivity contribution in [2.24, 2.45) is 11.8 Å². The quantitative estimate of drug-likeness (QED) is 0.754. The lowest BCUT2D eigenvalue weighted by molar-refractivity contribution is -0.143. The molecule has 3 aliphatic rings. The molecule has 4 rings (SSSR count). The molecule has 27 heavy (non-hydrogen) atoms. The van der Waals surface area contributed by atoms with Crippen LogP contribution in [0.3, 0.4) is 0 Å². The maximum Gasteiger partial charge on any atom is 0.253 e. The lowest BCUT2D eigenvalue weighted by atomic mass is 9.77. The zero-order chi connectivity index (χ0) is 18.8. The molecule has 1 aromatic rings. The Morgan fingerprint density at radius 3 is 2.26 bits per heavy atom. The van der Waals surface area contributed by atoms with Gasteiger partial charge >= 0.3 is 0 Å². The molecular formula is C22H29ClN2O2. The maximum atomic E-state index is 13.2. The summed E-state index contributed by atoms with van der Waals surface area (Å²) in [5.74, 6) is 1.20. The number of rotatable bonds is 2. The first-order valence-corrected chi connectivity index (χ1v) is 10.9. The number of halogens is 1. The standard InChI is InChI=1S/C22H29ClN2O2/c23-19-9-7-17(8-10-19)21(26)24-14-11-18(12-15-24)22(27)25-13-3-5-16-4-1-2-6-20(16)25/h7-10,16,18,20H,1-6,11-15H2/t16-,20-/m0/s1. The monoisotopic (exact) mass is 388 g/mol. The molecular weight excluding hydrogens is 360 g/mol. The van der Waals surface area contributed by atoms with Crippen LogP contribution in [-0.2, 0) is 4.79 Å². The van der Waals surface area contributed by atoms with E-state index in [1.54, 1.807) is 24.3 Å². The Bertz CT molecular complexity index is 680. The highest BCUT2D eigenvalue weighted by molar-refractivity contribution is 6.30. The fourth-order valence-corrected chi connectivity index (χ4v) is 5.36. The van der Waals surface area contributed by atoms with E-state index in [0.29, 0.717) is 35.6 Å². The number of amides is 2. The SMILES string of the molecule is O=C(c1ccc(Cl)cc1)N1CCC(C(=O)N2CCC[C@@H]3CCCC[C@@H]32)CC1. The molecule has 0 aromatic heterocycles. The summed E-state index contributed by atoms with van der Waals surface area (Å²) in [6.07, 6.45) is 9.08. The summed E-state index contributed by atoms with van der Waals surface area (Å²) >= 11 is 5.91. The van der Waals surface area contributed by atoms with E-state index < -0.39 is 0 Å². The van der Waals surface area contributed by atoms with Crippen LogP contribution < -0.4 is 0 Å². The molecule has 0 N–H and O–H groups in total. The van der Waals surface area contributed by atoms with Crippen molar-refractivity contribution in [3.63, 3.8) is 0 Å². The smallest absolute Gasteiger partial charge is 0.253 e. The Morgan fingerprint density at radius 1 is 0.852 bits per heavy atom. The maximum absolute atomic E-state index is 13.2. The highest BCUT2D eigenvalue weighted by Crippen LogP contribution is 2.36. The van der Waals surface area contributed by atoms with Crippen LogP contribution in [0.15, 0.2) is 24.3 Å². The first-order valence-electron chi connectivity index (χ1n) is 10.5. The van der Waals surface area contributed by atoms with Crippen molar-refractivity contribution in [3.8, 4) is 0 Å². The molecule has 0 unspecified atom stereocenters. The van der Waals surface area contributed by atoms with Gasteiger partial charge in [0.05, 0.1) is 0 Å². The molecule has 1 aliphatic carbocycles. The van der Waals surface area contributed by atoms with Gasteiger partial charge in [0, 0.05) is 42.2 Å². The van der Waals surface area contributed by atoms with Gasteiger partial charge in [0.15, 0.2) is 0 Å². The van der Waals surface area contributed by atoms with Crippen LogP contribution >= 0.6 is 11.6 Å². The van der Waals surface area contributed by atoms with Gasteiger partial charge in [-0.05, 0) is 68.7 Å². The van der Waals surface area contributed by atoms with Gasteiger partial charge in [-0.2, -0.15) is 0 Å². The number of nitrogens with zero attached hydrogens (tertiary/aromatic N) is 2. The molecule has 2 aliphatic heterocycles. The van der Waals surface area contributed by atoms with Crippen molar-refractivity contribution in [1.29, 1.82) is 0 Å². The van der Waals surface area contributed by atoms with Crippen LogP contribution in [0.4, 0.5) is 0 Å². The highest BCUT2D eigenvalue weighted by atomic mass is 35.5. The fourth-order valence-electron chi connectivity index (χ4n) is 5.24. The van der Waals surface area contributed by atoms with E-state index in [2.05, 4.69) is 4.90 Å². The summed E-state index contributed by atoms with van der Waals surface area (Å²) in [4.78, 5) is 30.0. The predicted molar refractivity (Wildman–Crippen MR) is 107 cm³/mol. The van der Waals surface area contributed by atoms with Crippen molar-refractivity contribution in [2.45, 2.75) is 57.4 Å². The molecule has 0 bridgehead atoms. The average molecular weight is 389 g/mol. The van der Waals surface area contributed by atoms with E-state index in [1.807, 2.05) is 4.90 Å². The lowest BCUT2D eigenvalue weighted by Gasteiger charge is -2.46. The summed E-state index contributed by atoms with van der Waals surface area (Å²) in [5, 5.41) is 0.637. The predicted octanol–water partition coefficient (Wildman–Crippen LogP) is 4.37. The average Bonchev–Trinajstić information content (AvgIpc) is 2.73. The van der Waals surface area contributed by atoms with Gasteiger partial charge in [-0.15, -0.1) is 0 Å². The Hall–Kier alpha value is -1.55. The molecule has 146 valence electrons. The van der Waals surface area contributed by atoms with E-state index in [-0.39, 0.29) is 11.8 Å². The minimum absolute atomic E-state index is 0.0443. The number of hydrogen-bond acceptors (Lipinski definition) is 2. The van der Waals surface area contributed by atoms with Crippen LogP contribution in [0, 0.1) is 11.8 Å².